The Bertz CT molecular complexity index is 569. The maximum absolute atomic E-state index is 12.0. The van der Waals surface area contributed by atoms with E-state index < -0.39 is 10.0 Å². The average Bonchev–Trinajstić information content (AvgIpc) is 2.40. The fourth-order valence-corrected chi connectivity index (χ4v) is 2.89. The van der Waals surface area contributed by atoms with Crippen LogP contribution in [0.4, 0.5) is 5.69 Å². The van der Waals surface area contributed by atoms with Gasteiger partial charge in [-0.15, -0.1) is 12.4 Å². The first-order valence-corrected chi connectivity index (χ1v) is 8.26. The van der Waals surface area contributed by atoms with E-state index in [1.807, 2.05) is 0 Å². The van der Waals surface area contributed by atoms with E-state index in [-0.39, 0.29) is 30.0 Å². The highest BCUT2D eigenvalue weighted by Gasteiger charge is 2.20. The summed E-state index contributed by atoms with van der Waals surface area (Å²) < 4.78 is 21.9. The number of carbonyl (C=O) groups is 1. The molecular weight excluding hydrogens is 314 g/mol. The minimum atomic E-state index is -3.53. The number of amides is 1. The van der Waals surface area contributed by atoms with Gasteiger partial charge in [-0.25, -0.2) is 13.6 Å². The van der Waals surface area contributed by atoms with E-state index in [9.17, 15) is 13.2 Å². The minimum absolute atomic E-state index is 0. The SMILES string of the molecule is Cl.NS(=O)(=O)Cc1ccc(NC(=O)C2CCCNC2)cc1. The highest BCUT2D eigenvalue weighted by atomic mass is 35.5. The van der Waals surface area contributed by atoms with Crippen molar-refractivity contribution in [3.05, 3.63) is 29.8 Å². The summed E-state index contributed by atoms with van der Waals surface area (Å²) in [6, 6.07) is 6.68. The number of nitrogens with one attached hydrogen (secondary N) is 2. The molecule has 0 saturated carbocycles. The monoisotopic (exact) mass is 333 g/mol. The molecule has 1 aliphatic rings. The van der Waals surface area contributed by atoms with E-state index in [4.69, 9.17) is 5.14 Å². The topological polar surface area (TPSA) is 101 Å². The van der Waals surface area contributed by atoms with Gasteiger partial charge in [0.25, 0.3) is 0 Å². The van der Waals surface area contributed by atoms with Crippen molar-refractivity contribution in [1.82, 2.24) is 5.32 Å². The average molecular weight is 334 g/mol. The second-order valence-corrected chi connectivity index (χ2v) is 6.65. The number of primary sulfonamides is 1. The van der Waals surface area contributed by atoms with Crippen molar-refractivity contribution in [3.63, 3.8) is 0 Å². The van der Waals surface area contributed by atoms with Crippen molar-refractivity contribution in [2.75, 3.05) is 18.4 Å². The number of carbonyl (C=O) groups excluding carboxylic acids is 1. The van der Waals surface area contributed by atoms with Gasteiger partial charge in [-0.1, -0.05) is 12.1 Å². The molecule has 21 heavy (non-hydrogen) atoms. The third-order valence-electron chi connectivity index (χ3n) is 3.26. The molecule has 4 N–H and O–H groups in total. The Morgan fingerprint density at radius 2 is 2.00 bits per heavy atom. The number of anilines is 1. The number of sulfonamides is 1. The molecule has 0 spiro atoms. The number of benzene rings is 1. The number of nitrogens with two attached hydrogens (primary N) is 1. The van der Waals surface area contributed by atoms with Crippen LogP contribution in [0.2, 0.25) is 0 Å². The molecule has 1 unspecified atom stereocenters. The Hall–Kier alpha value is -1.15. The van der Waals surface area contributed by atoms with Crippen molar-refractivity contribution in [2.45, 2.75) is 18.6 Å². The van der Waals surface area contributed by atoms with Crippen LogP contribution < -0.4 is 15.8 Å². The minimum Gasteiger partial charge on any atom is -0.326 e. The van der Waals surface area contributed by atoms with Gasteiger partial charge < -0.3 is 10.6 Å². The molecule has 1 aromatic carbocycles. The first kappa shape index (κ1) is 17.9. The maximum atomic E-state index is 12.0. The van der Waals surface area contributed by atoms with E-state index in [2.05, 4.69) is 10.6 Å². The molecule has 0 aliphatic carbocycles. The molecule has 1 aliphatic heterocycles. The van der Waals surface area contributed by atoms with Crippen LogP contribution in [-0.2, 0) is 20.6 Å². The molecule has 2 rings (SSSR count). The Morgan fingerprint density at radius 1 is 1.33 bits per heavy atom. The summed E-state index contributed by atoms with van der Waals surface area (Å²) in [6.45, 7) is 1.67. The molecule has 1 atom stereocenters. The van der Waals surface area contributed by atoms with Gasteiger partial charge in [-0.2, -0.15) is 0 Å². The maximum Gasteiger partial charge on any atom is 0.228 e. The van der Waals surface area contributed by atoms with Crippen LogP contribution in [-0.4, -0.2) is 27.4 Å². The first-order valence-electron chi connectivity index (χ1n) is 6.55. The standard InChI is InChI=1S/C13H19N3O3S.ClH/c14-20(18,19)9-10-3-5-12(6-4-10)16-13(17)11-2-1-7-15-8-11;/h3-6,11,15H,1-2,7-9H2,(H,16,17)(H2,14,18,19);1H. The lowest BCUT2D eigenvalue weighted by Crippen LogP contribution is -2.37. The molecule has 1 amide bonds. The Kier molecular flexibility index (Phi) is 6.60. The van der Waals surface area contributed by atoms with Crippen molar-refractivity contribution >= 4 is 34.0 Å². The molecule has 118 valence electrons. The van der Waals surface area contributed by atoms with Gasteiger partial charge in [-0.05, 0) is 37.1 Å². The van der Waals surface area contributed by atoms with Gasteiger partial charge in [0.1, 0.15) is 0 Å². The van der Waals surface area contributed by atoms with Crippen LogP contribution in [0.1, 0.15) is 18.4 Å². The predicted octanol–water partition coefficient (Wildman–Crippen LogP) is 0.835. The van der Waals surface area contributed by atoms with Crippen LogP contribution >= 0.6 is 12.4 Å². The molecule has 0 aromatic heterocycles. The molecule has 1 fully saturated rings. The zero-order valence-electron chi connectivity index (χ0n) is 11.5. The third kappa shape index (κ3) is 6.01. The molecule has 1 saturated heterocycles. The predicted molar refractivity (Wildman–Crippen MR) is 84.7 cm³/mol. The summed E-state index contributed by atoms with van der Waals surface area (Å²) in [7, 11) is -3.53. The van der Waals surface area contributed by atoms with Crippen molar-refractivity contribution < 1.29 is 13.2 Å². The molecule has 1 heterocycles. The highest BCUT2D eigenvalue weighted by Crippen LogP contribution is 2.15. The van der Waals surface area contributed by atoms with Gasteiger partial charge in [0.2, 0.25) is 15.9 Å². The van der Waals surface area contributed by atoms with Crippen LogP contribution in [0, 0.1) is 5.92 Å². The molecule has 1 aromatic rings. The van der Waals surface area contributed by atoms with Crippen molar-refractivity contribution in [2.24, 2.45) is 11.1 Å². The summed E-state index contributed by atoms with van der Waals surface area (Å²) in [4.78, 5) is 12.0. The lowest BCUT2D eigenvalue weighted by molar-refractivity contribution is -0.120. The van der Waals surface area contributed by atoms with Gasteiger partial charge >= 0.3 is 0 Å². The van der Waals surface area contributed by atoms with Crippen molar-refractivity contribution in [1.29, 1.82) is 0 Å². The zero-order valence-corrected chi connectivity index (χ0v) is 13.2. The Morgan fingerprint density at radius 3 is 2.52 bits per heavy atom. The fourth-order valence-electron chi connectivity index (χ4n) is 2.24. The lowest BCUT2D eigenvalue weighted by atomic mass is 9.99. The summed E-state index contributed by atoms with van der Waals surface area (Å²) in [5.41, 5.74) is 1.27. The number of piperidine rings is 1. The van der Waals surface area contributed by atoms with Gasteiger partial charge in [0.05, 0.1) is 11.7 Å². The molecular formula is C13H20ClN3O3S. The van der Waals surface area contributed by atoms with Crippen molar-refractivity contribution in [3.8, 4) is 0 Å². The summed E-state index contributed by atoms with van der Waals surface area (Å²) in [5.74, 6) is -0.211. The Labute approximate surface area is 130 Å². The quantitative estimate of drug-likeness (QED) is 0.759. The van der Waals surface area contributed by atoms with E-state index in [1.54, 1.807) is 24.3 Å². The molecule has 8 heteroatoms. The third-order valence-corrected chi connectivity index (χ3v) is 3.99. The number of hydrogen-bond acceptors (Lipinski definition) is 4. The fraction of sp³-hybridized carbons (Fsp3) is 0.462. The summed E-state index contributed by atoms with van der Waals surface area (Å²) >= 11 is 0. The highest BCUT2D eigenvalue weighted by molar-refractivity contribution is 7.88. The largest absolute Gasteiger partial charge is 0.326 e. The normalized spacial score (nSPS) is 18.6. The van der Waals surface area contributed by atoms with E-state index in [0.717, 1.165) is 19.4 Å². The zero-order chi connectivity index (χ0) is 14.6. The number of hydrogen-bond donors (Lipinski definition) is 3. The van der Waals surface area contributed by atoms with Gasteiger partial charge in [0, 0.05) is 12.2 Å². The number of halogens is 1. The summed E-state index contributed by atoms with van der Waals surface area (Å²) in [5, 5.41) is 11.0. The van der Waals surface area contributed by atoms with Gasteiger partial charge in [-0.3, -0.25) is 4.79 Å². The smallest absolute Gasteiger partial charge is 0.228 e. The first-order chi connectivity index (χ1) is 9.44. The van der Waals surface area contributed by atoms with Crippen LogP contribution in [0.3, 0.4) is 0 Å². The van der Waals surface area contributed by atoms with Crippen LogP contribution in [0.25, 0.3) is 0 Å². The van der Waals surface area contributed by atoms with Crippen LogP contribution in [0.15, 0.2) is 24.3 Å². The lowest BCUT2D eigenvalue weighted by Gasteiger charge is -2.21. The van der Waals surface area contributed by atoms with Gasteiger partial charge in [0.15, 0.2) is 0 Å². The van der Waals surface area contributed by atoms with E-state index >= 15 is 0 Å². The molecule has 0 radical (unpaired) electrons. The second kappa shape index (κ2) is 7.74. The second-order valence-electron chi connectivity index (χ2n) is 5.04. The summed E-state index contributed by atoms with van der Waals surface area (Å²) in [6.07, 6.45) is 1.90. The molecule has 6 nitrogen and oxygen atoms in total. The Balaban J connectivity index is 0.00000220. The van der Waals surface area contributed by atoms with E-state index in [0.29, 0.717) is 17.8 Å². The molecule has 0 bridgehead atoms. The van der Waals surface area contributed by atoms with Crippen LogP contribution in [0.5, 0.6) is 0 Å². The number of rotatable bonds is 4. The van der Waals surface area contributed by atoms with E-state index in [1.165, 1.54) is 0 Å².